The molecule has 1 aliphatic rings. The quantitative estimate of drug-likeness (QED) is 0.761. The molecule has 0 radical (unpaired) electrons. The van der Waals surface area contributed by atoms with Crippen molar-refractivity contribution in [2.45, 2.75) is 18.9 Å². The van der Waals surface area contributed by atoms with E-state index in [0.29, 0.717) is 12.1 Å². The second-order valence-corrected chi connectivity index (χ2v) is 6.19. The average Bonchev–Trinajstić information content (AvgIpc) is 3.06. The van der Waals surface area contributed by atoms with E-state index in [-0.39, 0.29) is 31.1 Å². The smallest absolute Gasteiger partial charge is 0.414 e. The lowest BCUT2D eigenvalue weighted by atomic mass is 10.1. The highest BCUT2D eigenvalue weighted by Crippen LogP contribution is 2.20. The first-order valence-electron chi connectivity index (χ1n) is 8.61. The number of carbonyl (C=O) groups is 3. The van der Waals surface area contributed by atoms with Crippen LogP contribution in [0.5, 0.6) is 0 Å². The fraction of sp³-hybridized carbons (Fsp3) is 0.250. The number of hydrogen-bond donors (Lipinski definition) is 1. The predicted octanol–water partition coefficient (Wildman–Crippen LogP) is 2.93. The molecule has 1 fully saturated rings. The average molecular weight is 370 g/mol. The third-order valence-electron chi connectivity index (χ3n) is 4.21. The number of rotatable bonds is 7. The van der Waals surface area contributed by atoms with Crippen molar-refractivity contribution in [3.05, 3.63) is 66.0 Å². The first-order chi connectivity index (χ1) is 13.0. The van der Waals surface area contributed by atoms with E-state index in [9.17, 15) is 18.8 Å². The zero-order valence-corrected chi connectivity index (χ0v) is 14.6. The zero-order chi connectivity index (χ0) is 19.2. The molecule has 1 unspecified atom stereocenters. The number of anilines is 1. The van der Waals surface area contributed by atoms with Gasteiger partial charge >= 0.3 is 6.09 Å². The van der Waals surface area contributed by atoms with Gasteiger partial charge in [-0.2, -0.15) is 0 Å². The van der Waals surface area contributed by atoms with Crippen LogP contribution in [0.2, 0.25) is 0 Å². The lowest BCUT2D eigenvalue weighted by Gasteiger charge is -2.12. The molecule has 0 aliphatic carbocycles. The van der Waals surface area contributed by atoms with Crippen molar-refractivity contribution in [1.82, 2.24) is 5.32 Å². The van der Waals surface area contributed by atoms with Crippen molar-refractivity contribution in [2.75, 3.05) is 18.0 Å². The van der Waals surface area contributed by atoms with Gasteiger partial charge in [-0.1, -0.05) is 18.2 Å². The van der Waals surface area contributed by atoms with Crippen molar-refractivity contribution in [3.63, 3.8) is 0 Å². The number of benzene rings is 2. The Labute approximate surface area is 155 Å². The standard InChI is InChI=1S/C20H19FN2O4/c21-15-8-6-14(7-9-15)18(24)10-11-19(25)22-12-17-13-23(20(26)27-17)16-4-2-1-3-5-16/h1-9,17H,10-13H2,(H,22,25). The summed E-state index contributed by atoms with van der Waals surface area (Å²) in [5.41, 5.74) is 1.11. The molecule has 1 aliphatic heterocycles. The van der Waals surface area contributed by atoms with Gasteiger partial charge in [-0.15, -0.1) is 0 Å². The van der Waals surface area contributed by atoms with E-state index < -0.39 is 18.0 Å². The molecule has 140 valence electrons. The van der Waals surface area contributed by atoms with Gasteiger partial charge in [0.15, 0.2) is 5.78 Å². The Morgan fingerprint density at radius 2 is 1.78 bits per heavy atom. The Morgan fingerprint density at radius 1 is 1.07 bits per heavy atom. The highest BCUT2D eigenvalue weighted by atomic mass is 19.1. The minimum Gasteiger partial charge on any atom is -0.442 e. The number of ether oxygens (including phenoxy) is 1. The molecule has 1 N–H and O–H groups in total. The van der Waals surface area contributed by atoms with E-state index in [1.165, 1.54) is 29.2 Å². The van der Waals surface area contributed by atoms with E-state index in [0.717, 1.165) is 5.69 Å². The molecule has 2 amide bonds. The van der Waals surface area contributed by atoms with E-state index in [1.807, 2.05) is 30.3 Å². The Bertz CT molecular complexity index is 824. The summed E-state index contributed by atoms with van der Waals surface area (Å²) in [5.74, 6) is -0.952. The van der Waals surface area contributed by atoms with Crippen LogP contribution in [0, 0.1) is 5.82 Å². The Morgan fingerprint density at radius 3 is 2.48 bits per heavy atom. The molecule has 3 rings (SSSR count). The summed E-state index contributed by atoms with van der Waals surface area (Å²) >= 11 is 0. The van der Waals surface area contributed by atoms with Crippen LogP contribution in [0.15, 0.2) is 54.6 Å². The summed E-state index contributed by atoms with van der Waals surface area (Å²) < 4.78 is 18.1. The second kappa shape index (κ2) is 8.44. The number of nitrogens with zero attached hydrogens (tertiary/aromatic N) is 1. The fourth-order valence-electron chi connectivity index (χ4n) is 2.77. The number of ketones is 1. The van der Waals surface area contributed by atoms with Gasteiger partial charge in [-0.05, 0) is 36.4 Å². The molecular weight excluding hydrogens is 351 g/mol. The van der Waals surface area contributed by atoms with Crippen molar-refractivity contribution in [2.24, 2.45) is 0 Å². The number of amides is 2. The van der Waals surface area contributed by atoms with Gasteiger partial charge in [-0.25, -0.2) is 9.18 Å². The first-order valence-corrected chi connectivity index (χ1v) is 8.61. The monoisotopic (exact) mass is 370 g/mol. The Balaban J connectivity index is 1.42. The summed E-state index contributed by atoms with van der Waals surface area (Å²) in [6, 6.07) is 14.3. The zero-order valence-electron chi connectivity index (χ0n) is 14.6. The third kappa shape index (κ3) is 4.91. The molecule has 0 saturated carbocycles. The van der Waals surface area contributed by atoms with Crippen molar-refractivity contribution < 1.29 is 23.5 Å². The lowest BCUT2D eigenvalue weighted by Crippen LogP contribution is -2.34. The van der Waals surface area contributed by atoms with Crippen LogP contribution in [0.25, 0.3) is 0 Å². The molecule has 1 saturated heterocycles. The van der Waals surface area contributed by atoms with Gasteiger partial charge < -0.3 is 10.1 Å². The van der Waals surface area contributed by atoms with Crippen molar-refractivity contribution in [1.29, 1.82) is 0 Å². The van der Waals surface area contributed by atoms with E-state index in [1.54, 1.807) is 0 Å². The Kier molecular flexibility index (Phi) is 5.80. The third-order valence-corrected chi connectivity index (χ3v) is 4.21. The summed E-state index contributed by atoms with van der Waals surface area (Å²) in [5, 5.41) is 2.68. The number of hydrogen-bond acceptors (Lipinski definition) is 4. The predicted molar refractivity (Wildman–Crippen MR) is 97.0 cm³/mol. The molecule has 6 nitrogen and oxygen atoms in total. The molecule has 1 heterocycles. The van der Waals surface area contributed by atoms with Gasteiger partial charge in [0.2, 0.25) is 5.91 Å². The maximum Gasteiger partial charge on any atom is 0.414 e. The number of nitrogens with one attached hydrogen (secondary N) is 1. The molecular formula is C20H19FN2O4. The maximum absolute atomic E-state index is 12.9. The van der Waals surface area contributed by atoms with Gasteiger partial charge in [0.25, 0.3) is 0 Å². The van der Waals surface area contributed by atoms with E-state index >= 15 is 0 Å². The number of halogens is 1. The molecule has 0 spiro atoms. The van der Waals surface area contributed by atoms with Crippen LogP contribution in [0.3, 0.4) is 0 Å². The number of para-hydroxylation sites is 1. The second-order valence-electron chi connectivity index (χ2n) is 6.19. The van der Waals surface area contributed by atoms with Gasteiger partial charge in [-0.3, -0.25) is 14.5 Å². The van der Waals surface area contributed by atoms with Crippen LogP contribution in [-0.2, 0) is 9.53 Å². The van der Waals surface area contributed by atoms with Gasteiger partial charge in [0, 0.05) is 24.1 Å². The van der Waals surface area contributed by atoms with Gasteiger partial charge in [0.05, 0.1) is 13.1 Å². The highest BCUT2D eigenvalue weighted by Gasteiger charge is 2.32. The lowest BCUT2D eigenvalue weighted by molar-refractivity contribution is -0.121. The maximum atomic E-state index is 12.9. The summed E-state index contributed by atoms with van der Waals surface area (Å²) in [4.78, 5) is 37.4. The SMILES string of the molecule is O=C(CCC(=O)c1ccc(F)cc1)NCC1CN(c2ccccc2)C(=O)O1. The molecule has 27 heavy (non-hydrogen) atoms. The summed E-state index contributed by atoms with van der Waals surface area (Å²) in [6.07, 6.45) is -0.862. The molecule has 7 heteroatoms. The number of cyclic esters (lactones) is 1. The topological polar surface area (TPSA) is 75.7 Å². The number of Topliss-reactive ketones (excluding diaryl/α,β-unsaturated/α-hetero) is 1. The molecule has 2 aromatic rings. The van der Waals surface area contributed by atoms with Crippen molar-refractivity contribution in [3.8, 4) is 0 Å². The Hall–Kier alpha value is -3.22. The fourth-order valence-corrected chi connectivity index (χ4v) is 2.77. The van der Waals surface area contributed by atoms with Crippen LogP contribution < -0.4 is 10.2 Å². The van der Waals surface area contributed by atoms with Crippen LogP contribution in [0.4, 0.5) is 14.9 Å². The largest absolute Gasteiger partial charge is 0.442 e. The first kappa shape index (κ1) is 18.6. The van der Waals surface area contributed by atoms with E-state index in [4.69, 9.17) is 4.74 Å². The number of carbonyl (C=O) groups excluding carboxylic acids is 3. The molecule has 1 atom stereocenters. The summed E-state index contributed by atoms with van der Waals surface area (Å²) in [6.45, 7) is 0.524. The van der Waals surface area contributed by atoms with E-state index in [2.05, 4.69) is 5.32 Å². The molecule has 0 bridgehead atoms. The van der Waals surface area contributed by atoms with Gasteiger partial charge in [0.1, 0.15) is 11.9 Å². The summed E-state index contributed by atoms with van der Waals surface area (Å²) in [7, 11) is 0. The van der Waals surface area contributed by atoms with Crippen molar-refractivity contribution >= 4 is 23.5 Å². The molecule has 0 aromatic heterocycles. The minimum absolute atomic E-state index is 0.0132. The van der Waals surface area contributed by atoms with Crippen LogP contribution in [0.1, 0.15) is 23.2 Å². The van der Waals surface area contributed by atoms with Crippen LogP contribution >= 0.6 is 0 Å². The highest BCUT2D eigenvalue weighted by molar-refractivity contribution is 5.98. The minimum atomic E-state index is -0.452. The normalized spacial score (nSPS) is 16.1. The molecule has 2 aromatic carbocycles. The van der Waals surface area contributed by atoms with Crippen LogP contribution in [-0.4, -0.2) is 37.0 Å².